The van der Waals surface area contributed by atoms with Crippen LogP contribution in [0.3, 0.4) is 0 Å². The molecule has 0 fully saturated rings. The second-order valence-corrected chi connectivity index (χ2v) is 5.12. The van der Waals surface area contributed by atoms with Gasteiger partial charge in [0.2, 0.25) is 11.8 Å². The summed E-state index contributed by atoms with van der Waals surface area (Å²) in [4.78, 5) is 27.5. The lowest BCUT2D eigenvalue weighted by Crippen LogP contribution is -2.37. The Balaban J connectivity index is 2.71. The van der Waals surface area contributed by atoms with Crippen LogP contribution in [-0.2, 0) is 9.59 Å². The molecule has 0 radical (unpaired) electrons. The number of benzene rings is 1. The van der Waals surface area contributed by atoms with Crippen molar-refractivity contribution in [3.63, 3.8) is 0 Å². The number of hydrogen-bond donors (Lipinski definition) is 0. The van der Waals surface area contributed by atoms with Gasteiger partial charge in [0.1, 0.15) is 0 Å². The summed E-state index contributed by atoms with van der Waals surface area (Å²) >= 11 is 0. The largest absolute Gasteiger partial charge is 0.343 e. The van der Waals surface area contributed by atoms with E-state index in [-0.39, 0.29) is 17.9 Å². The first-order chi connectivity index (χ1) is 10.0. The van der Waals surface area contributed by atoms with Crippen LogP contribution in [0.2, 0.25) is 0 Å². The van der Waals surface area contributed by atoms with Crippen LogP contribution in [0.4, 0.5) is 0 Å². The lowest BCUT2D eigenvalue weighted by molar-refractivity contribution is -0.134. The highest BCUT2D eigenvalue weighted by molar-refractivity contribution is 5.78. The van der Waals surface area contributed by atoms with Gasteiger partial charge >= 0.3 is 0 Å². The summed E-state index contributed by atoms with van der Waals surface area (Å²) in [7, 11) is 0. The zero-order valence-electron chi connectivity index (χ0n) is 13.5. The van der Waals surface area contributed by atoms with Gasteiger partial charge in [0.15, 0.2) is 0 Å². The SMILES string of the molecule is CCN(CC)C(=O)CCN(C(C)=O)C(C)c1ccccc1. The Kier molecular flexibility index (Phi) is 6.92. The molecule has 0 aliphatic carbocycles. The van der Waals surface area contributed by atoms with E-state index in [2.05, 4.69) is 0 Å². The Hall–Kier alpha value is -1.84. The fraction of sp³-hybridized carbons (Fsp3) is 0.529. The van der Waals surface area contributed by atoms with Gasteiger partial charge in [0.25, 0.3) is 0 Å². The van der Waals surface area contributed by atoms with Crippen molar-refractivity contribution in [3.05, 3.63) is 35.9 Å². The van der Waals surface area contributed by atoms with Crippen molar-refractivity contribution >= 4 is 11.8 Å². The average molecular weight is 290 g/mol. The number of hydrogen-bond acceptors (Lipinski definition) is 2. The molecule has 0 aliphatic rings. The molecule has 1 unspecified atom stereocenters. The number of amides is 2. The highest BCUT2D eigenvalue weighted by atomic mass is 16.2. The Morgan fingerprint density at radius 1 is 1.10 bits per heavy atom. The molecule has 0 saturated carbocycles. The van der Waals surface area contributed by atoms with Crippen LogP contribution < -0.4 is 0 Å². The van der Waals surface area contributed by atoms with Crippen molar-refractivity contribution in [2.45, 2.75) is 40.2 Å². The highest BCUT2D eigenvalue weighted by Crippen LogP contribution is 2.20. The zero-order chi connectivity index (χ0) is 15.8. The van der Waals surface area contributed by atoms with Crippen LogP contribution in [0.15, 0.2) is 30.3 Å². The van der Waals surface area contributed by atoms with Crippen LogP contribution in [0.5, 0.6) is 0 Å². The van der Waals surface area contributed by atoms with E-state index in [9.17, 15) is 9.59 Å². The summed E-state index contributed by atoms with van der Waals surface area (Å²) in [5, 5.41) is 0. The predicted molar refractivity (Wildman–Crippen MR) is 84.8 cm³/mol. The third kappa shape index (κ3) is 4.88. The minimum Gasteiger partial charge on any atom is -0.343 e. The molecule has 0 saturated heterocycles. The van der Waals surface area contributed by atoms with Crippen molar-refractivity contribution < 1.29 is 9.59 Å². The van der Waals surface area contributed by atoms with Gasteiger partial charge in [-0.15, -0.1) is 0 Å². The van der Waals surface area contributed by atoms with Crippen LogP contribution >= 0.6 is 0 Å². The Morgan fingerprint density at radius 2 is 1.67 bits per heavy atom. The predicted octanol–water partition coefficient (Wildman–Crippen LogP) is 2.85. The summed E-state index contributed by atoms with van der Waals surface area (Å²) < 4.78 is 0. The Labute approximate surface area is 127 Å². The number of carbonyl (C=O) groups is 2. The van der Waals surface area contributed by atoms with Gasteiger partial charge in [-0.2, -0.15) is 0 Å². The lowest BCUT2D eigenvalue weighted by atomic mass is 10.1. The second-order valence-electron chi connectivity index (χ2n) is 5.12. The van der Waals surface area contributed by atoms with E-state index in [1.807, 2.05) is 51.1 Å². The van der Waals surface area contributed by atoms with E-state index in [1.54, 1.807) is 16.7 Å². The maximum Gasteiger partial charge on any atom is 0.224 e. The molecule has 21 heavy (non-hydrogen) atoms. The normalized spacial score (nSPS) is 11.8. The quantitative estimate of drug-likeness (QED) is 0.774. The lowest BCUT2D eigenvalue weighted by Gasteiger charge is -2.29. The minimum absolute atomic E-state index is 0.00120. The van der Waals surface area contributed by atoms with Crippen LogP contribution in [0.25, 0.3) is 0 Å². The van der Waals surface area contributed by atoms with Gasteiger partial charge in [0, 0.05) is 33.0 Å². The monoisotopic (exact) mass is 290 g/mol. The molecule has 0 bridgehead atoms. The second kappa shape index (κ2) is 8.45. The summed E-state index contributed by atoms with van der Waals surface area (Å²) in [5.74, 6) is 0.102. The summed E-state index contributed by atoms with van der Waals surface area (Å²) in [6.45, 7) is 9.38. The molecule has 0 aliphatic heterocycles. The summed E-state index contributed by atoms with van der Waals surface area (Å²) in [6, 6.07) is 9.88. The van der Waals surface area contributed by atoms with E-state index in [0.29, 0.717) is 26.1 Å². The molecule has 2 amide bonds. The maximum atomic E-state index is 12.1. The fourth-order valence-corrected chi connectivity index (χ4v) is 2.49. The van der Waals surface area contributed by atoms with E-state index < -0.39 is 0 Å². The van der Waals surface area contributed by atoms with E-state index in [4.69, 9.17) is 0 Å². The van der Waals surface area contributed by atoms with Crippen molar-refractivity contribution in [1.82, 2.24) is 9.80 Å². The number of carbonyl (C=O) groups excluding carboxylic acids is 2. The first kappa shape index (κ1) is 17.2. The topological polar surface area (TPSA) is 40.6 Å². The molecular weight excluding hydrogens is 264 g/mol. The Morgan fingerprint density at radius 3 is 2.14 bits per heavy atom. The zero-order valence-corrected chi connectivity index (χ0v) is 13.5. The molecule has 4 heteroatoms. The molecule has 1 aromatic carbocycles. The third-order valence-electron chi connectivity index (χ3n) is 3.84. The Bertz CT molecular complexity index is 455. The fourth-order valence-electron chi connectivity index (χ4n) is 2.49. The third-order valence-corrected chi connectivity index (χ3v) is 3.84. The molecule has 1 atom stereocenters. The highest BCUT2D eigenvalue weighted by Gasteiger charge is 2.20. The van der Waals surface area contributed by atoms with E-state index >= 15 is 0 Å². The molecule has 0 N–H and O–H groups in total. The van der Waals surface area contributed by atoms with Gasteiger partial charge < -0.3 is 9.80 Å². The molecular formula is C17H26N2O2. The minimum atomic E-state index is -0.0202. The standard InChI is InChI=1S/C17H26N2O2/c1-5-18(6-2)17(21)12-13-19(15(4)20)14(3)16-10-8-7-9-11-16/h7-11,14H,5-6,12-13H2,1-4H3. The van der Waals surface area contributed by atoms with Crippen molar-refractivity contribution in [2.24, 2.45) is 0 Å². The van der Waals surface area contributed by atoms with Gasteiger partial charge in [0.05, 0.1) is 6.04 Å². The van der Waals surface area contributed by atoms with Crippen molar-refractivity contribution in [1.29, 1.82) is 0 Å². The van der Waals surface area contributed by atoms with Gasteiger partial charge in [-0.3, -0.25) is 9.59 Å². The van der Waals surface area contributed by atoms with E-state index in [0.717, 1.165) is 5.56 Å². The first-order valence-corrected chi connectivity index (χ1v) is 7.61. The molecule has 0 heterocycles. The van der Waals surface area contributed by atoms with Crippen LogP contribution in [-0.4, -0.2) is 41.2 Å². The molecule has 1 aromatic rings. The number of nitrogens with zero attached hydrogens (tertiary/aromatic N) is 2. The molecule has 1 rings (SSSR count). The maximum absolute atomic E-state index is 12.1. The summed E-state index contributed by atoms with van der Waals surface area (Å²) in [6.07, 6.45) is 0.373. The van der Waals surface area contributed by atoms with Gasteiger partial charge in [-0.25, -0.2) is 0 Å². The smallest absolute Gasteiger partial charge is 0.224 e. The summed E-state index contributed by atoms with van der Waals surface area (Å²) in [5.41, 5.74) is 1.09. The van der Waals surface area contributed by atoms with Gasteiger partial charge in [-0.1, -0.05) is 30.3 Å². The molecule has 116 valence electrons. The van der Waals surface area contributed by atoms with Crippen LogP contribution in [0, 0.1) is 0 Å². The van der Waals surface area contributed by atoms with Gasteiger partial charge in [-0.05, 0) is 26.3 Å². The molecule has 0 spiro atoms. The average Bonchev–Trinajstić information content (AvgIpc) is 2.49. The molecule has 4 nitrogen and oxygen atoms in total. The van der Waals surface area contributed by atoms with Crippen molar-refractivity contribution in [3.8, 4) is 0 Å². The molecule has 0 aromatic heterocycles. The number of rotatable bonds is 7. The van der Waals surface area contributed by atoms with Crippen molar-refractivity contribution in [2.75, 3.05) is 19.6 Å². The first-order valence-electron chi connectivity index (χ1n) is 7.61. The van der Waals surface area contributed by atoms with Crippen LogP contribution in [0.1, 0.15) is 45.7 Å². The van der Waals surface area contributed by atoms with E-state index in [1.165, 1.54) is 0 Å².